The predicted octanol–water partition coefficient (Wildman–Crippen LogP) is 7.52. The maximum atomic E-state index is 10.9. The summed E-state index contributed by atoms with van der Waals surface area (Å²) in [6.45, 7) is 17.6. The SMILES string of the molecule is C.C=C(C)[C@H]1Cc2c(ccc3c2O[C@@H]2COc4cc(C)c(OC)cc4[C@@H]2C32CO2)O1.C=C(C)[C@H]1Cc2c(ccc3c2O[C@@H]2COc4cc(C)c(OC)cc4[C@@H]2[C@]32CC3O[C@]3(O)[C@@H](O)O2)O1. The number of aryl methyl sites for hydroxylation is 2. The van der Waals surface area contributed by atoms with Gasteiger partial charge in [-0.3, -0.25) is 0 Å². The number of methoxy groups -OCH3 is 2. The highest BCUT2D eigenvalue weighted by molar-refractivity contribution is 5.62. The fourth-order valence-corrected chi connectivity index (χ4v) is 11.5. The minimum atomic E-state index is -1.68. The molecule has 9 aliphatic rings. The summed E-state index contributed by atoms with van der Waals surface area (Å²) < 4.78 is 67.1. The van der Waals surface area contributed by atoms with Crippen LogP contribution in [0.15, 0.2) is 72.8 Å². The number of aliphatic hydroxyl groups is 2. The van der Waals surface area contributed by atoms with E-state index < -0.39 is 29.9 Å². The van der Waals surface area contributed by atoms with Crippen molar-refractivity contribution in [3.8, 4) is 46.0 Å². The van der Waals surface area contributed by atoms with Crippen LogP contribution in [0.2, 0.25) is 0 Å². The van der Waals surface area contributed by atoms with Crippen LogP contribution in [0.1, 0.15) is 84.0 Å². The summed E-state index contributed by atoms with van der Waals surface area (Å²) in [7, 11) is 3.34. The molecule has 0 bridgehead atoms. The number of hydrogen-bond acceptors (Lipinski definition) is 13. The van der Waals surface area contributed by atoms with E-state index in [2.05, 4.69) is 37.4 Å². The van der Waals surface area contributed by atoms with Gasteiger partial charge in [-0.2, -0.15) is 0 Å². The molecule has 9 aliphatic heterocycles. The summed E-state index contributed by atoms with van der Waals surface area (Å²) in [6.07, 6.45) is -0.900. The number of aliphatic hydroxyl groups excluding tert-OH is 1. The van der Waals surface area contributed by atoms with Crippen LogP contribution < -0.4 is 37.9 Å². The van der Waals surface area contributed by atoms with Crippen molar-refractivity contribution in [1.82, 2.24) is 0 Å². The van der Waals surface area contributed by atoms with Crippen LogP contribution in [0.4, 0.5) is 0 Å². The Morgan fingerprint density at radius 1 is 0.677 bits per heavy atom. The van der Waals surface area contributed by atoms with E-state index in [-0.39, 0.29) is 43.2 Å². The highest BCUT2D eigenvalue weighted by Gasteiger charge is 2.73. The number of benzene rings is 4. The van der Waals surface area contributed by atoms with E-state index in [1.165, 1.54) is 0 Å². The summed E-state index contributed by atoms with van der Waals surface area (Å²) in [4.78, 5) is 0. The molecule has 0 amide bonds. The first-order valence-corrected chi connectivity index (χ1v) is 22.1. The topological polar surface area (TPSA) is 149 Å². The lowest BCUT2D eigenvalue weighted by Crippen LogP contribution is -2.58. The zero-order valence-electron chi connectivity index (χ0n) is 36.8. The Bertz CT molecular complexity index is 2690. The van der Waals surface area contributed by atoms with E-state index in [9.17, 15) is 10.2 Å². The van der Waals surface area contributed by atoms with Crippen molar-refractivity contribution in [3.05, 3.63) is 117 Å². The fourth-order valence-electron chi connectivity index (χ4n) is 11.5. The molecule has 0 aromatic heterocycles. The molecule has 11 atom stereocenters. The monoisotopic (exact) mass is 888 g/mol. The molecule has 3 saturated heterocycles. The Balaban J connectivity index is 0.000000144. The second kappa shape index (κ2) is 14.5. The van der Waals surface area contributed by atoms with Crippen LogP contribution in [-0.4, -0.2) is 86.9 Å². The third kappa shape index (κ3) is 6.01. The maximum Gasteiger partial charge on any atom is 0.245 e. The van der Waals surface area contributed by atoms with Gasteiger partial charge >= 0.3 is 0 Å². The molecule has 0 saturated carbocycles. The van der Waals surface area contributed by atoms with Crippen molar-refractivity contribution in [1.29, 1.82) is 0 Å². The van der Waals surface area contributed by atoms with E-state index in [0.29, 0.717) is 38.4 Å². The van der Waals surface area contributed by atoms with Crippen molar-refractivity contribution < 1.29 is 62.3 Å². The molecule has 65 heavy (non-hydrogen) atoms. The van der Waals surface area contributed by atoms with Gasteiger partial charge in [-0.05, 0) is 98.5 Å². The zero-order valence-corrected chi connectivity index (χ0v) is 36.8. The van der Waals surface area contributed by atoms with E-state index in [4.69, 9.17) is 52.1 Å². The highest BCUT2D eigenvalue weighted by atomic mass is 16.8. The molecule has 2 N–H and O–H groups in total. The highest BCUT2D eigenvalue weighted by Crippen LogP contribution is 2.65. The van der Waals surface area contributed by atoms with E-state index in [1.807, 2.05) is 52.0 Å². The molecule has 342 valence electrons. The lowest BCUT2D eigenvalue weighted by molar-refractivity contribution is -0.290. The van der Waals surface area contributed by atoms with Crippen LogP contribution in [0, 0.1) is 13.8 Å². The van der Waals surface area contributed by atoms with Gasteiger partial charge in [-0.15, -0.1) is 0 Å². The largest absolute Gasteiger partial charge is 0.496 e. The second-order valence-electron chi connectivity index (χ2n) is 18.9. The van der Waals surface area contributed by atoms with Crippen molar-refractivity contribution >= 4 is 0 Å². The van der Waals surface area contributed by atoms with Gasteiger partial charge in [-0.25, -0.2) is 0 Å². The molecule has 13 nitrogen and oxygen atoms in total. The third-order valence-electron chi connectivity index (χ3n) is 14.9. The lowest BCUT2D eigenvalue weighted by atomic mass is 9.67. The summed E-state index contributed by atoms with van der Waals surface area (Å²) in [6, 6.07) is 16.1. The first-order chi connectivity index (χ1) is 30.8. The lowest BCUT2D eigenvalue weighted by Gasteiger charge is -2.52. The van der Waals surface area contributed by atoms with Crippen LogP contribution in [0.5, 0.6) is 46.0 Å². The normalized spacial score (nSPS) is 33.6. The molecule has 2 unspecified atom stereocenters. The summed E-state index contributed by atoms with van der Waals surface area (Å²) in [5, 5.41) is 21.5. The molecule has 0 aliphatic carbocycles. The first kappa shape index (κ1) is 42.2. The molecule has 0 radical (unpaired) electrons. The number of rotatable bonds is 4. The second-order valence-corrected chi connectivity index (χ2v) is 18.9. The summed E-state index contributed by atoms with van der Waals surface area (Å²) >= 11 is 0. The molecule has 13 rings (SSSR count). The Kier molecular flexibility index (Phi) is 9.44. The number of hydrogen-bond donors (Lipinski definition) is 2. The zero-order chi connectivity index (χ0) is 44.2. The predicted molar refractivity (Wildman–Crippen MR) is 237 cm³/mol. The van der Waals surface area contributed by atoms with Crippen molar-refractivity contribution in [2.75, 3.05) is 34.0 Å². The van der Waals surface area contributed by atoms with Crippen molar-refractivity contribution in [2.45, 2.75) is 120 Å². The molecule has 4 aromatic carbocycles. The Morgan fingerprint density at radius 3 is 1.60 bits per heavy atom. The van der Waals surface area contributed by atoms with Gasteiger partial charge in [-0.1, -0.05) is 20.6 Å². The Hall–Kier alpha value is -5.44. The molecule has 2 spiro atoms. The fraction of sp³-hybridized carbons (Fsp3) is 0.462. The van der Waals surface area contributed by atoms with Crippen molar-refractivity contribution in [2.24, 2.45) is 0 Å². The van der Waals surface area contributed by atoms with Gasteiger partial charge < -0.3 is 62.3 Å². The molecular formula is C52H56O13. The van der Waals surface area contributed by atoms with Gasteiger partial charge in [0.15, 0.2) is 0 Å². The number of ether oxygens (including phenoxy) is 11. The average molecular weight is 889 g/mol. The van der Waals surface area contributed by atoms with Gasteiger partial charge in [0.25, 0.3) is 0 Å². The third-order valence-corrected chi connectivity index (χ3v) is 14.9. The molecule has 3 fully saturated rings. The van der Waals surface area contributed by atoms with Gasteiger partial charge in [0, 0.05) is 52.6 Å². The average Bonchev–Trinajstić information content (AvgIpc) is 4.06. The molecule has 4 aromatic rings. The van der Waals surface area contributed by atoms with Crippen LogP contribution in [0.25, 0.3) is 0 Å². The van der Waals surface area contributed by atoms with Crippen molar-refractivity contribution in [3.63, 3.8) is 0 Å². The number of epoxide rings is 2. The van der Waals surface area contributed by atoms with Crippen LogP contribution in [0.3, 0.4) is 0 Å². The van der Waals surface area contributed by atoms with Gasteiger partial charge in [0.1, 0.15) is 101 Å². The molecule has 13 heteroatoms. The van der Waals surface area contributed by atoms with Gasteiger partial charge in [0.05, 0.1) is 32.7 Å². The minimum Gasteiger partial charge on any atom is -0.496 e. The van der Waals surface area contributed by atoms with E-state index in [1.54, 1.807) is 14.2 Å². The summed E-state index contributed by atoms with van der Waals surface area (Å²) in [5.41, 5.74) is 8.60. The Morgan fingerprint density at radius 2 is 1.15 bits per heavy atom. The quantitative estimate of drug-likeness (QED) is 0.154. The van der Waals surface area contributed by atoms with Crippen LogP contribution >= 0.6 is 0 Å². The minimum absolute atomic E-state index is 0. The van der Waals surface area contributed by atoms with Gasteiger partial charge in [0.2, 0.25) is 12.1 Å². The van der Waals surface area contributed by atoms with E-state index >= 15 is 0 Å². The first-order valence-electron chi connectivity index (χ1n) is 22.1. The number of fused-ring (bicyclic) bond motifs is 17. The molecule has 9 heterocycles. The van der Waals surface area contributed by atoms with Crippen LogP contribution in [-0.2, 0) is 38.3 Å². The van der Waals surface area contributed by atoms with E-state index in [0.717, 1.165) is 102 Å². The molecular weight excluding hydrogens is 833 g/mol. The standard InChI is InChI=1S/C27H28O8.C24H24O5.CH4/c1-12(2)18-9-15-17(32-18)6-5-16-24(15)33-21-11-31-20-7-13(3)19(30-4)8-14(20)23(21)26(16)10-22-27(29,34-22)25(28)35-26;1-12(2)18-9-15-17(28-18)6-5-16-23(15)29-21-10-26-20-7-13(3)19(25-4)8-14(20)22(21)24(16)11-27-24;/h5-8,18,21-23,25,28-29H,1,9-11H2,2-4H3;5-8,18,21-22H,1,9-11H2,2-4H3;1H4/t18-,21-,22?,23+,25+,26+,27+;18-,21-,22+,24?;/m11./s1. The maximum absolute atomic E-state index is 10.9. The summed E-state index contributed by atoms with van der Waals surface area (Å²) in [5.74, 6) is 4.56. The Labute approximate surface area is 378 Å². The smallest absolute Gasteiger partial charge is 0.245 e.